The third kappa shape index (κ3) is 2.67. The molecule has 138 valence electrons. The normalized spacial score (nSPS) is 20.6. The van der Waals surface area contributed by atoms with E-state index in [1.165, 1.54) is 12.1 Å². The Morgan fingerprint density at radius 2 is 2.04 bits per heavy atom. The van der Waals surface area contributed by atoms with E-state index in [9.17, 15) is 19.1 Å². The molecule has 6 nitrogen and oxygen atoms in total. The van der Waals surface area contributed by atoms with Gasteiger partial charge in [0.25, 0.3) is 5.56 Å². The van der Waals surface area contributed by atoms with Crippen molar-refractivity contribution in [3.8, 4) is 0 Å². The third-order valence-electron chi connectivity index (χ3n) is 5.40. The van der Waals surface area contributed by atoms with E-state index < -0.39 is 17.3 Å². The van der Waals surface area contributed by atoms with E-state index in [0.717, 1.165) is 32.2 Å². The molecule has 2 heterocycles. The summed E-state index contributed by atoms with van der Waals surface area (Å²) < 4.78 is 16.5. The molecule has 0 amide bonds. The van der Waals surface area contributed by atoms with Crippen LogP contribution in [0, 0.1) is 12.7 Å². The lowest BCUT2D eigenvalue weighted by atomic mass is 10.0. The zero-order valence-corrected chi connectivity index (χ0v) is 14.7. The number of fused-ring (bicyclic) bond motifs is 1. The summed E-state index contributed by atoms with van der Waals surface area (Å²) in [5, 5.41) is 9.80. The second-order valence-corrected chi connectivity index (χ2v) is 7.39. The number of benzene rings is 1. The maximum absolute atomic E-state index is 15.0. The second kappa shape index (κ2) is 6.09. The van der Waals surface area contributed by atoms with Gasteiger partial charge in [0.05, 0.1) is 11.2 Å². The molecule has 2 fully saturated rings. The van der Waals surface area contributed by atoms with Crippen molar-refractivity contribution >= 4 is 22.6 Å². The molecule has 0 radical (unpaired) electrons. The minimum atomic E-state index is -1.28. The average Bonchev–Trinajstić information content (AvgIpc) is 3.39. The number of piperidine rings is 1. The smallest absolute Gasteiger partial charge is 0.341 e. The van der Waals surface area contributed by atoms with Gasteiger partial charge in [0.1, 0.15) is 11.4 Å². The Hall–Kier alpha value is -2.41. The first-order valence-electron chi connectivity index (χ1n) is 9.00. The van der Waals surface area contributed by atoms with Crippen LogP contribution >= 0.6 is 0 Å². The van der Waals surface area contributed by atoms with Gasteiger partial charge in [0.15, 0.2) is 0 Å². The van der Waals surface area contributed by atoms with Crippen LogP contribution in [0.5, 0.6) is 0 Å². The van der Waals surface area contributed by atoms with E-state index in [1.54, 1.807) is 11.5 Å². The number of aromatic nitrogens is 1. The first-order valence-corrected chi connectivity index (χ1v) is 9.00. The van der Waals surface area contributed by atoms with Gasteiger partial charge in [0, 0.05) is 30.6 Å². The van der Waals surface area contributed by atoms with Crippen LogP contribution in [0.4, 0.5) is 10.1 Å². The lowest BCUT2D eigenvalue weighted by Crippen LogP contribution is -2.43. The predicted octanol–water partition coefficient (Wildman–Crippen LogP) is 2.41. The second-order valence-electron chi connectivity index (χ2n) is 7.39. The minimum absolute atomic E-state index is 0.00161. The Morgan fingerprint density at radius 1 is 1.31 bits per heavy atom. The average molecular weight is 359 g/mol. The highest BCUT2D eigenvalue weighted by Gasteiger charge is 2.31. The molecule has 1 unspecified atom stereocenters. The van der Waals surface area contributed by atoms with Crippen molar-refractivity contribution in [3.63, 3.8) is 0 Å². The summed E-state index contributed by atoms with van der Waals surface area (Å²) >= 11 is 0. The fraction of sp³-hybridized carbons (Fsp3) is 0.474. The number of nitrogens with zero attached hydrogens (tertiary/aromatic N) is 2. The number of pyridine rings is 1. The van der Waals surface area contributed by atoms with Crippen molar-refractivity contribution in [3.05, 3.63) is 39.4 Å². The van der Waals surface area contributed by atoms with Crippen molar-refractivity contribution in [2.45, 2.75) is 44.7 Å². The molecule has 3 N–H and O–H groups in total. The van der Waals surface area contributed by atoms with Crippen LogP contribution in [0.2, 0.25) is 0 Å². The van der Waals surface area contributed by atoms with E-state index in [4.69, 9.17) is 5.73 Å². The van der Waals surface area contributed by atoms with E-state index in [0.29, 0.717) is 28.7 Å². The molecule has 2 aliphatic rings. The van der Waals surface area contributed by atoms with E-state index in [2.05, 4.69) is 0 Å². The number of hydrogen-bond donors (Lipinski definition) is 2. The summed E-state index contributed by atoms with van der Waals surface area (Å²) in [6, 6.07) is 2.63. The van der Waals surface area contributed by atoms with Crippen molar-refractivity contribution in [2.24, 2.45) is 5.73 Å². The molecule has 1 saturated carbocycles. The summed E-state index contributed by atoms with van der Waals surface area (Å²) in [5.74, 6) is -1.68. The molecule has 2 aromatic rings. The maximum atomic E-state index is 15.0. The largest absolute Gasteiger partial charge is 0.477 e. The van der Waals surface area contributed by atoms with Gasteiger partial charge in [-0.1, -0.05) is 0 Å². The van der Waals surface area contributed by atoms with Crippen molar-refractivity contribution in [1.82, 2.24) is 4.57 Å². The maximum Gasteiger partial charge on any atom is 0.341 e. The molecule has 1 aromatic heterocycles. The van der Waals surface area contributed by atoms with Crippen LogP contribution in [0.15, 0.2) is 16.9 Å². The number of anilines is 1. The number of carboxylic acid groups (broad SMARTS) is 1. The van der Waals surface area contributed by atoms with E-state index in [1.807, 2.05) is 4.90 Å². The van der Waals surface area contributed by atoms with Gasteiger partial charge < -0.3 is 20.3 Å². The summed E-state index contributed by atoms with van der Waals surface area (Å²) in [6.07, 6.45) is 3.47. The fourth-order valence-corrected chi connectivity index (χ4v) is 4.10. The van der Waals surface area contributed by atoms with Crippen LogP contribution in [0.1, 0.15) is 47.6 Å². The van der Waals surface area contributed by atoms with Crippen LogP contribution < -0.4 is 16.2 Å². The molecule has 1 atom stereocenters. The molecule has 0 spiro atoms. The van der Waals surface area contributed by atoms with Gasteiger partial charge in [-0.05, 0) is 50.3 Å². The Balaban J connectivity index is 1.99. The summed E-state index contributed by atoms with van der Waals surface area (Å²) in [6.45, 7) is 3.10. The first kappa shape index (κ1) is 17.0. The monoisotopic (exact) mass is 359 g/mol. The highest BCUT2D eigenvalue weighted by molar-refractivity contribution is 5.95. The highest BCUT2D eigenvalue weighted by Crippen LogP contribution is 2.39. The van der Waals surface area contributed by atoms with Gasteiger partial charge >= 0.3 is 5.97 Å². The van der Waals surface area contributed by atoms with Crippen LogP contribution in [0.25, 0.3) is 10.9 Å². The number of aromatic carboxylic acids is 1. The van der Waals surface area contributed by atoms with Gasteiger partial charge in [-0.2, -0.15) is 0 Å². The molecule has 1 aromatic carbocycles. The lowest BCUT2D eigenvalue weighted by Gasteiger charge is -2.34. The molecule has 7 heteroatoms. The topological polar surface area (TPSA) is 88.6 Å². The lowest BCUT2D eigenvalue weighted by molar-refractivity contribution is 0.0694. The van der Waals surface area contributed by atoms with E-state index >= 15 is 0 Å². The summed E-state index contributed by atoms with van der Waals surface area (Å²) in [4.78, 5) is 26.1. The predicted molar refractivity (Wildman–Crippen MR) is 97.6 cm³/mol. The Bertz CT molecular complexity index is 965. The molecular formula is C19H22FN3O3. The van der Waals surface area contributed by atoms with E-state index in [-0.39, 0.29) is 17.6 Å². The van der Waals surface area contributed by atoms with Crippen molar-refractivity contribution in [1.29, 1.82) is 0 Å². The molecule has 1 aliphatic carbocycles. The quantitative estimate of drug-likeness (QED) is 0.879. The van der Waals surface area contributed by atoms with Crippen molar-refractivity contribution in [2.75, 3.05) is 18.0 Å². The standard InChI is InChI=1S/C19H22FN3O3/c1-10-16-11(7-14(19(25)26)18(24)23(16)13-4-5-13)8-15(20)17(10)22-6-2-3-12(21)9-22/h7-8,12-13H,2-6,9,21H2,1H3,(H,25,26). The van der Waals surface area contributed by atoms with Crippen LogP contribution in [-0.4, -0.2) is 34.8 Å². The third-order valence-corrected chi connectivity index (χ3v) is 5.40. The molecule has 1 aliphatic heterocycles. The summed E-state index contributed by atoms with van der Waals surface area (Å²) in [5.41, 5.74) is 7.03. The van der Waals surface area contributed by atoms with Gasteiger partial charge in [-0.15, -0.1) is 0 Å². The highest BCUT2D eigenvalue weighted by atomic mass is 19.1. The minimum Gasteiger partial charge on any atom is -0.477 e. The molecule has 0 bridgehead atoms. The molecule has 1 saturated heterocycles. The van der Waals surface area contributed by atoms with Crippen molar-refractivity contribution < 1.29 is 14.3 Å². The van der Waals surface area contributed by atoms with Crippen LogP contribution in [0.3, 0.4) is 0 Å². The Kier molecular flexibility index (Phi) is 3.99. The summed E-state index contributed by atoms with van der Waals surface area (Å²) in [7, 11) is 0. The number of nitrogens with two attached hydrogens (primary N) is 1. The number of hydrogen-bond acceptors (Lipinski definition) is 4. The zero-order chi connectivity index (χ0) is 18.6. The molecule has 26 heavy (non-hydrogen) atoms. The number of aryl methyl sites for hydroxylation is 1. The van der Waals surface area contributed by atoms with Gasteiger partial charge in [-0.3, -0.25) is 4.79 Å². The fourth-order valence-electron chi connectivity index (χ4n) is 4.10. The number of halogens is 1. The number of carboxylic acids is 1. The Labute approximate surface area is 150 Å². The first-order chi connectivity index (χ1) is 12.4. The Morgan fingerprint density at radius 3 is 2.65 bits per heavy atom. The number of carbonyl (C=O) groups is 1. The van der Waals surface area contributed by atoms with Crippen LogP contribution in [-0.2, 0) is 0 Å². The molecule has 4 rings (SSSR count). The van der Waals surface area contributed by atoms with Gasteiger partial charge in [0.2, 0.25) is 0 Å². The zero-order valence-electron chi connectivity index (χ0n) is 14.7. The number of rotatable bonds is 3. The van der Waals surface area contributed by atoms with Gasteiger partial charge in [-0.25, -0.2) is 9.18 Å². The molecular weight excluding hydrogens is 337 g/mol. The SMILES string of the molecule is Cc1c(N2CCCC(N)C2)c(F)cc2cc(C(=O)O)c(=O)n(C3CC3)c12.